The maximum absolute atomic E-state index is 11.9. The van der Waals surface area contributed by atoms with Crippen molar-refractivity contribution in [1.29, 1.82) is 0 Å². The second-order valence-electron chi connectivity index (χ2n) is 8.16. The van der Waals surface area contributed by atoms with Crippen LogP contribution >= 0.6 is 0 Å². The zero-order valence-electron chi connectivity index (χ0n) is 16.1. The summed E-state index contributed by atoms with van der Waals surface area (Å²) < 4.78 is 9.99. The fourth-order valence-electron chi connectivity index (χ4n) is 3.22. The zero-order valence-corrected chi connectivity index (χ0v) is 16.1. The second-order valence-corrected chi connectivity index (χ2v) is 8.16. The van der Waals surface area contributed by atoms with Gasteiger partial charge in [-0.3, -0.25) is 19.4 Å². The van der Waals surface area contributed by atoms with Gasteiger partial charge in [0.2, 0.25) is 6.79 Å². The first kappa shape index (κ1) is 20.1. The summed E-state index contributed by atoms with van der Waals surface area (Å²) >= 11 is 0. The van der Waals surface area contributed by atoms with Crippen molar-refractivity contribution in [2.45, 2.75) is 39.7 Å². The van der Waals surface area contributed by atoms with Gasteiger partial charge in [-0.1, -0.05) is 0 Å². The molecule has 2 fully saturated rings. The lowest BCUT2D eigenvalue weighted by Gasteiger charge is -2.41. The van der Waals surface area contributed by atoms with Crippen molar-refractivity contribution in [2.75, 3.05) is 59.7 Å². The van der Waals surface area contributed by atoms with E-state index in [-0.39, 0.29) is 25.3 Å². The van der Waals surface area contributed by atoms with Crippen LogP contribution in [-0.2, 0) is 19.1 Å². The third kappa shape index (κ3) is 6.56. The maximum atomic E-state index is 11.9. The van der Waals surface area contributed by atoms with Gasteiger partial charge in [0.05, 0.1) is 12.0 Å². The van der Waals surface area contributed by atoms with Gasteiger partial charge in [-0.15, -0.1) is 0 Å². The van der Waals surface area contributed by atoms with Crippen LogP contribution in [0.25, 0.3) is 0 Å². The average Bonchev–Trinajstić information content (AvgIpc) is 2.55. The highest BCUT2D eigenvalue weighted by molar-refractivity contribution is 5.75. The Morgan fingerprint density at radius 2 is 1.56 bits per heavy atom. The van der Waals surface area contributed by atoms with E-state index in [4.69, 9.17) is 9.47 Å². The molecule has 2 aliphatic rings. The fourth-order valence-corrected chi connectivity index (χ4v) is 3.22. The number of hydrogen-bond donors (Lipinski definition) is 0. The Bertz CT molecular complexity index is 448. The summed E-state index contributed by atoms with van der Waals surface area (Å²) in [5, 5.41) is 0. The number of piperidine rings is 1. The molecule has 0 aromatic heterocycles. The van der Waals surface area contributed by atoms with Gasteiger partial charge in [-0.05, 0) is 40.7 Å². The molecule has 2 rings (SSSR count). The van der Waals surface area contributed by atoms with E-state index in [1.807, 2.05) is 0 Å². The normalized spacial score (nSPS) is 21.9. The van der Waals surface area contributed by atoms with Crippen molar-refractivity contribution < 1.29 is 19.1 Å². The Labute approximate surface area is 151 Å². The zero-order chi connectivity index (χ0) is 18.4. The molecule has 0 bridgehead atoms. The number of hydrogen-bond acceptors (Lipinski definition) is 7. The molecule has 2 heterocycles. The van der Waals surface area contributed by atoms with Crippen molar-refractivity contribution in [2.24, 2.45) is 5.41 Å². The van der Waals surface area contributed by atoms with Crippen LogP contribution in [0.5, 0.6) is 0 Å². The van der Waals surface area contributed by atoms with Crippen LogP contribution in [0.3, 0.4) is 0 Å². The summed E-state index contributed by atoms with van der Waals surface area (Å²) in [7, 11) is 2.17. The van der Waals surface area contributed by atoms with Gasteiger partial charge in [0.25, 0.3) is 0 Å². The maximum Gasteiger partial charge on any atom is 0.323 e. The molecule has 7 nitrogen and oxygen atoms in total. The van der Waals surface area contributed by atoms with E-state index in [1.165, 1.54) is 0 Å². The van der Waals surface area contributed by atoms with Crippen LogP contribution in [0, 0.1) is 5.41 Å². The number of carbonyl (C=O) groups is 2. The number of nitrogens with zero attached hydrogens (tertiary/aromatic N) is 3. The van der Waals surface area contributed by atoms with Crippen molar-refractivity contribution in [1.82, 2.24) is 14.7 Å². The van der Waals surface area contributed by atoms with Crippen LogP contribution < -0.4 is 0 Å². The molecule has 144 valence electrons. The number of likely N-dealkylation sites (N-methyl/N-ethyl adjacent to an activating group) is 1. The number of rotatable bonds is 5. The molecule has 0 saturated carbocycles. The Morgan fingerprint density at radius 3 is 2.12 bits per heavy atom. The van der Waals surface area contributed by atoms with E-state index in [2.05, 4.69) is 21.7 Å². The minimum absolute atomic E-state index is 0.266. The third-order valence-electron chi connectivity index (χ3n) is 4.99. The van der Waals surface area contributed by atoms with Crippen molar-refractivity contribution in [3.63, 3.8) is 0 Å². The predicted molar refractivity (Wildman–Crippen MR) is 95.0 cm³/mol. The highest BCUT2D eigenvalue weighted by atomic mass is 16.7. The van der Waals surface area contributed by atoms with E-state index in [0.29, 0.717) is 6.04 Å². The predicted octanol–water partition coefficient (Wildman–Crippen LogP) is 0.788. The summed E-state index contributed by atoms with van der Waals surface area (Å²) in [4.78, 5) is 30.6. The summed E-state index contributed by atoms with van der Waals surface area (Å²) in [6.45, 7) is 11.6. The third-order valence-corrected chi connectivity index (χ3v) is 4.99. The quantitative estimate of drug-likeness (QED) is 0.534. The number of likely N-dealkylation sites (tertiary alicyclic amines) is 1. The topological polar surface area (TPSA) is 62.3 Å². The molecule has 0 aliphatic carbocycles. The molecule has 0 N–H and O–H groups in total. The lowest BCUT2D eigenvalue weighted by atomic mass is 9.98. The second kappa shape index (κ2) is 8.96. The number of ether oxygens (including phenoxy) is 2. The lowest BCUT2D eigenvalue weighted by Crippen LogP contribution is -2.52. The average molecular weight is 355 g/mol. The van der Waals surface area contributed by atoms with E-state index < -0.39 is 5.41 Å². The van der Waals surface area contributed by atoms with Gasteiger partial charge in [-0.2, -0.15) is 0 Å². The van der Waals surface area contributed by atoms with Gasteiger partial charge in [-0.25, -0.2) is 0 Å². The molecule has 0 unspecified atom stereocenters. The summed E-state index contributed by atoms with van der Waals surface area (Å²) in [6.07, 6.45) is 2.19. The molecule has 0 amide bonds. The number of carbonyl (C=O) groups excluding carboxylic acids is 2. The van der Waals surface area contributed by atoms with Gasteiger partial charge >= 0.3 is 11.9 Å². The first-order valence-electron chi connectivity index (χ1n) is 9.23. The highest BCUT2D eigenvalue weighted by Gasteiger charge is 2.28. The summed E-state index contributed by atoms with van der Waals surface area (Å²) in [5.74, 6) is -0.701. The number of piperazine rings is 1. The lowest BCUT2D eigenvalue weighted by molar-refractivity contribution is -0.173. The van der Waals surface area contributed by atoms with Crippen LogP contribution in [0.1, 0.15) is 33.6 Å². The minimum Gasteiger partial charge on any atom is -0.427 e. The number of esters is 2. The van der Waals surface area contributed by atoms with Gasteiger partial charge in [0, 0.05) is 45.3 Å². The van der Waals surface area contributed by atoms with E-state index in [9.17, 15) is 9.59 Å². The Hall–Kier alpha value is -1.18. The van der Waals surface area contributed by atoms with Crippen LogP contribution in [0.4, 0.5) is 0 Å². The van der Waals surface area contributed by atoms with Gasteiger partial charge in [0.15, 0.2) is 0 Å². The van der Waals surface area contributed by atoms with Crippen LogP contribution in [-0.4, -0.2) is 92.3 Å². The molecule has 0 aromatic rings. The Morgan fingerprint density at radius 1 is 0.960 bits per heavy atom. The molecule has 0 atom stereocenters. The van der Waals surface area contributed by atoms with Gasteiger partial charge < -0.3 is 14.4 Å². The summed E-state index contributed by atoms with van der Waals surface area (Å²) in [5.41, 5.74) is -0.586. The van der Waals surface area contributed by atoms with E-state index in [0.717, 1.165) is 52.1 Å². The fraction of sp³-hybridized carbons (Fsp3) is 0.889. The molecule has 25 heavy (non-hydrogen) atoms. The standard InChI is InChI=1S/C18H33N3O4/c1-18(2,3)17(23)25-14-24-16(22)13-20-7-5-15(6-8-20)21-11-9-19(4)10-12-21/h15H,5-14H2,1-4H3. The largest absolute Gasteiger partial charge is 0.427 e. The monoisotopic (exact) mass is 355 g/mol. The van der Waals surface area contributed by atoms with Crippen LogP contribution in [0.2, 0.25) is 0 Å². The first-order chi connectivity index (χ1) is 11.8. The molecule has 2 saturated heterocycles. The SMILES string of the molecule is CN1CCN(C2CCN(CC(=O)OCOC(=O)C(C)(C)C)CC2)CC1. The smallest absolute Gasteiger partial charge is 0.323 e. The van der Waals surface area contributed by atoms with Crippen molar-refractivity contribution in [3.05, 3.63) is 0 Å². The van der Waals surface area contributed by atoms with E-state index >= 15 is 0 Å². The minimum atomic E-state index is -0.586. The molecule has 0 spiro atoms. The molecule has 2 aliphatic heterocycles. The summed E-state index contributed by atoms with van der Waals surface area (Å²) in [6, 6.07) is 0.633. The van der Waals surface area contributed by atoms with E-state index in [1.54, 1.807) is 20.8 Å². The molecule has 0 aromatic carbocycles. The van der Waals surface area contributed by atoms with Gasteiger partial charge in [0.1, 0.15) is 0 Å². The molecular formula is C18H33N3O4. The first-order valence-corrected chi connectivity index (χ1v) is 9.23. The molecule has 7 heteroatoms. The Balaban J connectivity index is 1.61. The van der Waals surface area contributed by atoms with Crippen molar-refractivity contribution >= 4 is 11.9 Å². The molecule has 0 radical (unpaired) electrons. The molecular weight excluding hydrogens is 322 g/mol. The Kier molecular flexibility index (Phi) is 7.22. The van der Waals surface area contributed by atoms with Crippen molar-refractivity contribution in [3.8, 4) is 0 Å². The highest BCUT2D eigenvalue weighted by Crippen LogP contribution is 2.18. The van der Waals surface area contributed by atoms with Crippen LogP contribution in [0.15, 0.2) is 0 Å².